The van der Waals surface area contributed by atoms with E-state index < -0.39 is 16.0 Å². The highest BCUT2D eigenvalue weighted by molar-refractivity contribution is 7.92. The van der Waals surface area contributed by atoms with E-state index in [0.717, 1.165) is 5.56 Å². The molecule has 3 rings (SSSR count). The lowest BCUT2D eigenvalue weighted by Crippen LogP contribution is -2.35. The molecule has 5 nitrogen and oxygen atoms in total. The Morgan fingerprint density at radius 1 is 1.22 bits per heavy atom. The fourth-order valence-corrected chi connectivity index (χ4v) is 4.73. The summed E-state index contributed by atoms with van der Waals surface area (Å²) in [6.45, 7) is 3.50. The van der Waals surface area contributed by atoms with Gasteiger partial charge in [-0.3, -0.25) is 4.31 Å². The molecule has 0 radical (unpaired) electrons. The Morgan fingerprint density at radius 2 is 1.91 bits per heavy atom. The number of aryl methyl sites for hydroxylation is 1. The van der Waals surface area contributed by atoms with Crippen molar-refractivity contribution in [3.05, 3.63) is 59.2 Å². The molecule has 1 aliphatic rings. The van der Waals surface area contributed by atoms with Crippen molar-refractivity contribution in [1.29, 1.82) is 0 Å². The van der Waals surface area contributed by atoms with E-state index in [1.807, 2.05) is 19.1 Å². The zero-order valence-corrected chi connectivity index (χ0v) is 13.7. The molecule has 0 bridgehead atoms. The molecular formula is C17H17NO4S. The quantitative estimate of drug-likeness (QED) is 0.938. The van der Waals surface area contributed by atoms with Crippen molar-refractivity contribution < 1.29 is 18.3 Å². The van der Waals surface area contributed by atoms with Crippen LogP contribution in [-0.4, -0.2) is 25.5 Å². The Kier molecular flexibility index (Phi) is 3.64. The second kappa shape index (κ2) is 5.38. The Labute approximate surface area is 135 Å². The number of para-hydroxylation sites is 1. The highest BCUT2D eigenvalue weighted by Crippen LogP contribution is 2.36. The van der Waals surface area contributed by atoms with E-state index in [0.29, 0.717) is 17.7 Å². The molecule has 1 atom stereocenters. The van der Waals surface area contributed by atoms with Crippen LogP contribution in [0.3, 0.4) is 0 Å². The van der Waals surface area contributed by atoms with Crippen molar-refractivity contribution in [1.82, 2.24) is 0 Å². The number of hydrogen-bond acceptors (Lipinski definition) is 3. The molecule has 23 heavy (non-hydrogen) atoms. The molecule has 0 aliphatic carbocycles. The number of sulfonamides is 1. The van der Waals surface area contributed by atoms with Gasteiger partial charge in [0.1, 0.15) is 0 Å². The Balaban J connectivity index is 2.13. The first kappa shape index (κ1) is 15.6. The number of carboxylic acid groups (broad SMARTS) is 1. The topological polar surface area (TPSA) is 74.7 Å². The molecule has 1 aliphatic heterocycles. The van der Waals surface area contributed by atoms with Crippen LogP contribution in [0, 0.1) is 6.92 Å². The number of carbonyl (C=O) groups is 1. The Bertz CT molecular complexity index is 889. The van der Waals surface area contributed by atoms with Crippen LogP contribution in [0.1, 0.15) is 28.4 Å². The standard InChI is InChI=1S/C17H17NO4S/c1-11-7-8-14(10-15(11)17(19)20)23(21,22)18-12(2)9-13-5-3-4-6-16(13)18/h3-8,10,12H,9H2,1-2H3,(H,19,20)/t12-/m0/s1. The monoisotopic (exact) mass is 331 g/mol. The zero-order chi connectivity index (χ0) is 16.8. The van der Waals surface area contributed by atoms with Crippen LogP contribution in [0.2, 0.25) is 0 Å². The summed E-state index contributed by atoms with van der Waals surface area (Å²) in [5, 5.41) is 9.22. The predicted octanol–water partition coefficient (Wildman–Crippen LogP) is 2.83. The summed E-state index contributed by atoms with van der Waals surface area (Å²) in [5.41, 5.74) is 2.18. The first-order chi connectivity index (χ1) is 10.8. The molecule has 0 saturated carbocycles. The lowest BCUT2D eigenvalue weighted by molar-refractivity contribution is 0.0696. The highest BCUT2D eigenvalue weighted by Gasteiger charge is 2.36. The third-order valence-corrected chi connectivity index (χ3v) is 6.07. The van der Waals surface area contributed by atoms with Gasteiger partial charge in [-0.25, -0.2) is 13.2 Å². The lowest BCUT2D eigenvalue weighted by atomic mass is 10.1. The normalized spacial score (nSPS) is 17.1. The van der Waals surface area contributed by atoms with E-state index in [4.69, 9.17) is 0 Å². The molecule has 1 N–H and O–H groups in total. The molecule has 0 fully saturated rings. The van der Waals surface area contributed by atoms with Crippen LogP contribution < -0.4 is 4.31 Å². The zero-order valence-electron chi connectivity index (χ0n) is 12.9. The minimum atomic E-state index is -3.80. The summed E-state index contributed by atoms with van der Waals surface area (Å²) >= 11 is 0. The maximum absolute atomic E-state index is 13.0. The SMILES string of the molecule is Cc1ccc(S(=O)(=O)N2c3ccccc3C[C@@H]2C)cc1C(=O)O. The fourth-order valence-electron chi connectivity index (χ4n) is 3.01. The van der Waals surface area contributed by atoms with E-state index in [2.05, 4.69) is 0 Å². The molecular weight excluding hydrogens is 314 g/mol. The third kappa shape index (κ3) is 2.49. The molecule has 0 spiro atoms. The Hall–Kier alpha value is -2.34. The number of anilines is 1. The third-order valence-electron chi connectivity index (χ3n) is 4.14. The second-order valence-electron chi connectivity index (χ2n) is 5.76. The van der Waals surface area contributed by atoms with Gasteiger partial charge in [0.05, 0.1) is 16.1 Å². The number of rotatable bonds is 3. The maximum Gasteiger partial charge on any atom is 0.335 e. The van der Waals surface area contributed by atoms with E-state index in [1.165, 1.54) is 22.5 Å². The highest BCUT2D eigenvalue weighted by atomic mass is 32.2. The summed E-state index contributed by atoms with van der Waals surface area (Å²) in [6.07, 6.45) is 0.646. The van der Waals surface area contributed by atoms with Crippen molar-refractivity contribution in [2.45, 2.75) is 31.2 Å². The van der Waals surface area contributed by atoms with Gasteiger partial charge in [-0.05, 0) is 49.6 Å². The minimum Gasteiger partial charge on any atom is -0.478 e. The van der Waals surface area contributed by atoms with Crippen LogP contribution in [0.25, 0.3) is 0 Å². The van der Waals surface area contributed by atoms with Crippen molar-refractivity contribution >= 4 is 21.7 Å². The smallest absolute Gasteiger partial charge is 0.335 e. The predicted molar refractivity (Wildman–Crippen MR) is 87.4 cm³/mol. The molecule has 0 aromatic heterocycles. The molecule has 0 unspecified atom stereocenters. The molecule has 6 heteroatoms. The molecule has 1 heterocycles. The largest absolute Gasteiger partial charge is 0.478 e. The van der Waals surface area contributed by atoms with Gasteiger partial charge < -0.3 is 5.11 Å². The summed E-state index contributed by atoms with van der Waals surface area (Å²) in [4.78, 5) is 11.3. The molecule has 120 valence electrons. The van der Waals surface area contributed by atoms with Gasteiger partial charge in [0.2, 0.25) is 0 Å². The number of aromatic carboxylic acids is 1. The van der Waals surface area contributed by atoms with E-state index in [-0.39, 0.29) is 16.5 Å². The van der Waals surface area contributed by atoms with Crippen LogP contribution in [-0.2, 0) is 16.4 Å². The summed E-state index contributed by atoms with van der Waals surface area (Å²) < 4.78 is 27.4. The minimum absolute atomic E-state index is 0.00375. The Morgan fingerprint density at radius 3 is 2.61 bits per heavy atom. The number of nitrogens with zero attached hydrogens (tertiary/aromatic N) is 1. The van der Waals surface area contributed by atoms with Crippen LogP contribution in [0.15, 0.2) is 47.4 Å². The van der Waals surface area contributed by atoms with Crippen LogP contribution in [0.5, 0.6) is 0 Å². The number of carboxylic acids is 1. The van der Waals surface area contributed by atoms with E-state index in [9.17, 15) is 18.3 Å². The van der Waals surface area contributed by atoms with Crippen molar-refractivity contribution in [2.24, 2.45) is 0 Å². The second-order valence-corrected chi connectivity index (χ2v) is 7.58. The van der Waals surface area contributed by atoms with E-state index in [1.54, 1.807) is 19.1 Å². The van der Waals surface area contributed by atoms with Crippen LogP contribution >= 0.6 is 0 Å². The van der Waals surface area contributed by atoms with Gasteiger partial charge in [-0.15, -0.1) is 0 Å². The summed E-state index contributed by atoms with van der Waals surface area (Å²) in [7, 11) is -3.80. The van der Waals surface area contributed by atoms with Crippen LogP contribution in [0.4, 0.5) is 5.69 Å². The van der Waals surface area contributed by atoms with Gasteiger partial charge in [0, 0.05) is 6.04 Å². The van der Waals surface area contributed by atoms with Crippen molar-refractivity contribution in [3.63, 3.8) is 0 Å². The first-order valence-corrected chi connectivity index (χ1v) is 8.72. The van der Waals surface area contributed by atoms with Crippen molar-refractivity contribution in [2.75, 3.05) is 4.31 Å². The molecule has 2 aromatic carbocycles. The van der Waals surface area contributed by atoms with Gasteiger partial charge in [-0.2, -0.15) is 0 Å². The molecule has 0 amide bonds. The van der Waals surface area contributed by atoms with Gasteiger partial charge in [-0.1, -0.05) is 24.3 Å². The van der Waals surface area contributed by atoms with Crippen molar-refractivity contribution in [3.8, 4) is 0 Å². The average molecular weight is 331 g/mol. The molecule has 0 saturated heterocycles. The maximum atomic E-state index is 13.0. The average Bonchev–Trinajstić information content (AvgIpc) is 2.83. The first-order valence-electron chi connectivity index (χ1n) is 7.28. The van der Waals surface area contributed by atoms with Gasteiger partial charge >= 0.3 is 5.97 Å². The lowest BCUT2D eigenvalue weighted by Gasteiger charge is -2.24. The number of hydrogen-bond donors (Lipinski definition) is 1. The fraction of sp³-hybridized carbons (Fsp3) is 0.235. The van der Waals surface area contributed by atoms with E-state index >= 15 is 0 Å². The van der Waals surface area contributed by atoms with Gasteiger partial charge in [0.15, 0.2) is 0 Å². The number of fused-ring (bicyclic) bond motifs is 1. The number of benzene rings is 2. The summed E-state index contributed by atoms with van der Waals surface area (Å²) in [5.74, 6) is -1.13. The molecule has 2 aromatic rings. The summed E-state index contributed by atoms with van der Waals surface area (Å²) in [6, 6.07) is 11.4. The van der Waals surface area contributed by atoms with Gasteiger partial charge in [0.25, 0.3) is 10.0 Å².